The fourth-order valence-corrected chi connectivity index (χ4v) is 4.47. The van der Waals surface area contributed by atoms with Gasteiger partial charge in [0.05, 0.1) is 13.2 Å². The molecule has 168 valence electrons. The third-order valence-electron chi connectivity index (χ3n) is 6.31. The molecule has 1 amide bonds. The summed E-state index contributed by atoms with van der Waals surface area (Å²) in [5.41, 5.74) is 3.47. The van der Waals surface area contributed by atoms with Crippen molar-refractivity contribution in [3.05, 3.63) is 41.7 Å². The molecule has 0 saturated carbocycles. The van der Waals surface area contributed by atoms with Crippen LogP contribution in [0.2, 0.25) is 0 Å². The van der Waals surface area contributed by atoms with Gasteiger partial charge in [-0.2, -0.15) is 4.98 Å². The van der Waals surface area contributed by atoms with Crippen LogP contribution in [0.5, 0.6) is 0 Å². The highest BCUT2D eigenvalue weighted by Crippen LogP contribution is 2.25. The van der Waals surface area contributed by atoms with E-state index in [1.807, 2.05) is 30.5 Å². The fourth-order valence-electron chi connectivity index (χ4n) is 4.47. The summed E-state index contributed by atoms with van der Waals surface area (Å²) in [5.74, 6) is 1.23. The summed E-state index contributed by atoms with van der Waals surface area (Å²) in [5, 5.41) is 4.18. The largest absolute Gasteiger partial charge is 0.378 e. The number of piperidine rings is 1. The molecular weight excluding hydrogens is 404 g/mol. The maximum atomic E-state index is 13.2. The number of aryl methyl sites for hydroxylation is 1. The van der Waals surface area contributed by atoms with E-state index in [0.717, 1.165) is 67.8 Å². The number of nitrogens with zero attached hydrogens (tertiary/aromatic N) is 4. The zero-order valence-electron chi connectivity index (χ0n) is 18.6. The Bertz CT molecular complexity index is 1060. The number of nitrogens with one attached hydrogen (secondary N) is 2. The molecule has 32 heavy (non-hydrogen) atoms. The van der Waals surface area contributed by atoms with Crippen molar-refractivity contribution in [3.8, 4) is 0 Å². The molecule has 2 N–H and O–H groups in total. The van der Waals surface area contributed by atoms with Crippen LogP contribution in [0.1, 0.15) is 42.2 Å². The second kappa shape index (κ2) is 9.16. The Morgan fingerprint density at radius 3 is 2.66 bits per heavy atom. The monoisotopic (exact) mass is 434 g/mol. The van der Waals surface area contributed by atoms with E-state index >= 15 is 0 Å². The molecule has 2 aromatic heterocycles. The van der Waals surface area contributed by atoms with Crippen LogP contribution in [0.4, 0.5) is 17.5 Å². The van der Waals surface area contributed by atoms with E-state index in [9.17, 15) is 4.79 Å². The maximum Gasteiger partial charge on any atom is 0.274 e. The van der Waals surface area contributed by atoms with Crippen LogP contribution < -0.4 is 15.1 Å². The third kappa shape index (κ3) is 4.27. The van der Waals surface area contributed by atoms with E-state index in [4.69, 9.17) is 9.72 Å². The minimum atomic E-state index is -0.215. The molecule has 0 spiro atoms. The molecule has 0 aliphatic carbocycles. The number of morpholine rings is 1. The van der Waals surface area contributed by atoms with Gasteiger partial charge in [-0.05, 0) is 49.4 Å². The van der Waals surface area contributed by atoms with Crippen molar-refractivity contribution in [1.29, 1.82) is 0 Å². The molecule has 4 heterocycles. The molecule has 2 fully saturated rings. The molecule has 0 radical (unpaired) electrons. The highest BCUT2D eigenvalue weighted by Gasteiger charge is 2.21. The summed E-state index contributed by atoms with van der Waals surface area (Å²) in [6.07, 6.45) is 6.50. The minimum Gasteiger partial charge on any atom is -0.378 e. The first-order chi connectivity index (χ1) is 15.7. The highest BCUT2D eigenvalue weighted by atomic mass is 16.5. The smallest absolute Gasteiger partial charge is 0.274 e. The van der Waals surface area contributed by atoms with Crippen molar-refractivity contribution in [2.24, 2.45) is 0 Å². The number of fused-ring (bicyclic) bond motifs is 1. The highest BCUT2D eigenvalue weighted by molar-refractivity contribution is 6.04. The van der Waals surface area contributed by atoms with Gasteiger partial charge in [-0.1, -0.05) is 6.92 Å². The van der Waals surface area contributed by atoms with Gasteiger partial charge in [0.25, 0.3) is 5.91 Å². The summed E-state index contributed by atoms with van der Waals surface area (Å²) in [4.78, 5) is 30.4. The van der Waals surface area contributed by atoms with Gasteiger partial charge >= 0.3 is 0 Å². The topological polar surface area (TPSA) is 86.4 Å². The lowest BCUT2D eigenvalue weighted by molar-refractivity contribution is 0.102. The SMILES string of the molecule is CCc1c[nH]c2ccc(NC(=O)c3cc(N4CCCCC4)nc(N4CCOCC4)n3)cc12. The number of carbonyl (C=O) groups is 1. The normalized spacial score (nSPS) is 17.0. The van der Waals surface area contributed by atoms with Crippen molar-refractivity contribution < 1.29 is 9.53 Å². The van der Waals surface area contributed by atoms with Crippen LogP contribution >= 0.6 is 0 Å². The Labute approximate surface area is 188 Å². The first-order valence-corrected chi connectivity index (χ1v) is 11.6. The number of aromatic amines is 1. The number of aromatic nitrogens is 3. The number of hydrogen-bond donors (Lipinski definition) is 2. The lowest BCUT2D eigenvalue weighted by Crippen LogP contribution is -2.38. The molecule has 8 heteroatoms. The number of amides is 1. The number of rotatable bonds is 5. The average molecular weight is 435 g/mol. The standard InChI is InChI=1S/C24H30N6O2/c1-2-17-16-25-20-7-6-18(14-19(17)20)26-23(31)21-15-22(29-8-4-3-5-9-29)28-24(27-21)30-10-12-32-13-11-30/h6-7,14-16,25H,2-5,8-13H2,1H3,(H,26,31). The van der Waals surface area contributed by atoms with Crippen LogP contribution in [0, 0.1) is 0 Å². The quantitative estimate of drug-likeness (QED) is 0.638. The van der Waals surface area contributed by atoms with Crippen LogP contribution in [-0.4, -0.2) is 60.3 Å². The maximum absolute atomic E-state index is 13.2. The van der Waals surface area contributed by atoms with E-state index in [0.29, 0.717) is 24.9 Å². The van der Waals surface area contributed by atoms with Gasteiger partial charge in [0.15, 0.2) is 0 Å². The van der Waals surface area contributed by atoms with Crippen LogP contribution in [0.3, 0.4) is 0 Å². The molecule has 1 aromatic carbocycles. The number of benzene rings is 1. The number of H-pyrrole nitrogens is 1. The first kappa shape index (κ1) is 20.8. The van der Waals surface area contributed by atoms with Gasteiger partial charge in [-0.15, -0.1) is 0 Å². The Morgan fingerprint density at radius 2 is 1.88 bits per heavy atom. The van der Waals surface area contributed by atoms with Crippen LogP contribution in [-0.2, 0) is 11.2 Å². The number of anilines is 3. The predicted octanol–water partition coefficient (Wildman–Crippen LogP) is 3.60. The molecule has 2 aliphatic rings. The minimum absolute atomic E-state index is 0.215. The van der Waals surface area contributed by atoms with Gasteiger partial charge in [0, 0.05) is 55.0 Å². The molecule has 2 aliphatic heterocycles. The molecule has 0 bridgehead atoms. The van der Waals surface area contributed by atoms with E-state index in [1.165, 1.54) is 12.0 Å². The van der Waals surface area contributed by atoms with Crippen LogP contribution in [0.25, 0.3) is 10.9 Å². The molecule has 2 saturated heterocycles. The summed E-state index contributed by atoms with van der Waals surface area (Å²) < 4.78 is 5.48. The fraction of sp³-hybridized carbons (Fsp3) is 0.458. The molecule has 3 aromatic rings. The molecule has 0 unspecified atom stereocenters. The Morgan fingerprint density at radius 1 is 1.06 bits per heavy atom. The van der Waals surface area contributed by atoms with Crippen molar-refractivity contribution in [2.75, 3.05) is 54.5 Å². The van der Waals surface area contributed by atoms with Crippen molar-refractivity contribution in [1.82, 2.24) is 15.0 Å². The van der Waals surface area contributed by atoms with E-state index in [-0.39, 0.29) is 5.91 Å². The number of hydrogen-bond acceptors (Lipinski definition) is 6. The van der Waals surface area contributed by atoms with E-state index < -0.39 is 0 Å². The lowest BCUT2D eigenvalue weighted by atomic mass is 10.1. The van der Waals surface area contributed by atoms with Crippen LogP contribution in [0.15, 0.2) is 30.5 Å². The summed E-state index contributed by atoms with van der Waals surface area (Å²) in [7, 11) is 0. The molecule has 5 rings (SSSR count). The second-order valence-electron chi connectivity index (χ2n) is 8.44. The number of ether oxygens (including phenoxy) is 1. The molecule has 8 nitrogen and oxygen atoms in total. The van der Waals surface area contributed by atoms with Gasteiger partial charge in [-0.3, -0.25) is 4.79 Å². The Kier molecular flexibility index (Phi) is 5.94. The van der Waals surface area contributed by atoms with Crippen molar-refractivity contribution in [2.45, 2.75) is 32.6 Å². The zero-order valence-corrected chi connectivity index (χ0v) is 18.6. The van der Waals surface area contributed by atoms with Gasteiger partial charge in [0.2, 0.25) is 5.95 Å². The van der Waals surface area contributed by atoms with Crippen molar-refractivity contribution in [3.63, 3.8) is 0 Å². The summed E-state index contributed by atoms with van der Waals surface area (Å²) in [6, 6.07) is 7.78. The number of carbonyl (C=O) groups excluding carboxylic acids is 1. The average Bonchev–Trinajstić information content (AvgIpc) is 3.27. The lowest BCUT2D eigenvalue weighted by Gasteiger charge is -2.31. The van der Waals surface area contributed by atoms with E-state index in [2.05, 4.69) is 32.0 Å². The first-order valence-electron chi connectivity index (χ1n) is 11.6. The zero-order chi connectivity index (χ0) is 21.9. The predicted molar refractivity (Wildman–Crippen MR) is 127 cm³/mol. The Balaban J connectivity index is 1.44. The summed E-state index contributed by atoms with van der Waals surface area (Å²) in [6.45, 7) is 6.81. The van der Waals surface area contributed by atoms with E-state index in [1.54, 1.807) is 0 Å². The Hall–Kier alpha value is -3.13. The second-order valence-corrected chi connectivity index (χ2v) is 8.44. The molecular formula is C24H30N6O2. The van der Waals surface area contributed by atoms with Gasteiger partial charge in [0.1, 0.15) is 11.5 Å². The van der Waals surface area contributed by atoms with Gasteiger partial charge < -0.3 is 24.8 Å². The third-order valence-corrected chi connectivity index (χ3v) is 6.31. The van der Waals surface area contributed by atoms with Gasteiger partial charge in [-0.25, -0.2) is 4.98 Å². The molecule has 0 atom stereocenters. The summed E-state index contributed by atoms with van der Waals surface area (Å²) >= 11 is 0. The van der Waals surface area contributed by atoms with Crippen molar-refractivity contribution >= 4 is 34.3 Å².